The molecule has 0 saturated heterocycles. The first kappa shape index (κ1) is 13.5. The molecule has 1 fully saturated rings. The van der Waals surface area contributed by atoms with Gasteiger partial charge in [-0.05, 0) is 12.8 Å². The molecule has 4 nitrogen and oxygen atoms in total. The van der Waals surface area contributed by atoms with Gasteiger partial charge in [-0.1, -0.05) is 12.8 Å². The number of aliphatic hydroxyl groups excluding tert-OH is 1. The van der Waals surface area contributed by atoms with Crippen molar-refractivity contribution in [1.82, 2.24) is 9.36 Å². The zero-order chi connectivity index (χ0) is 13.2. The van der Waals surface area contributed by atoms with Crippen LogP contribution in [-0.4, -0.2) is 27.6 Å². The lowest BCUT2D eigenvalue weighted by molar-refractivity contribution is -0.144. The van der Waals surface area contributed by atoms with Gasteiger partial charge in [0.15, 0.2) is 0 Å². The predicted octanol–water partition coefficient (Wildman–Crippen LogP) is 2.52. The highest BCUT2D eigenvalue weighted by molar-refractivity contribution is 7.09. The topological polar surface area (TPSA) is 58.0 Å². The first-order valence-electron chi connectivity index (χ1n) is 5.71. The molecular weight excluding hydrogens is 267 g/mol. The summed E-state index contributed by atoms with van der Waals surface area (Å²) in [7, 11) is 0. The minimum atomic E-state index is -4.50. The van der Waals surface area contributed by atoms with Gasteiger partial charge in [-0.25, -0.2) is 0 Å². The fourth-order valence-electron chi connectivity index (χ4n) is 2.19. The van der Waals surface area contributed by atoms with E-state index in [-0.39, 0.29) is 17.2 Å². The predicted molar refractivity (Wildman–Crippen MR) is 61.4 cm³/mol. The third-order valence-corrected chi connectivity index (χ3v) is 3.97. The summed E-state index contributed by atoms with van der Waals surface area (Å²) in [5.74, 6) is -1.11. The van der Waals surface area contributed by atoms with Crippen molar-refractivity contribution in [2.75, 3.05) is 18.5 Å². The van der Waals surface area contributed by atoms with Crippen LogP contribution >= 0.6 is 11.5 Å². The summed E-state index contributed by atoms with van der Waals surface area (Å²) in [6.07, 6.45) is -0.625. The first-order valence-corrected chi connectivity index (χ1v) is 6.48. The monoisotopic (exact) mass is 281 g/mol. The number of halogens is 3. The van der Waals surface area contributed by atoms with Gasteiger partial charge in [0.2, 0.25) is 11.0 Å². The minimum absolute atomic E-state index is 0.0466. The van der Waals surface area contributed by atoms with Crippen molar-refractivity contribution in [2.45, 2.75) is 31.9 Å². The molecule has 2 rings (SSSR count). The number of nitrogens with zero attached hydrogens (tertiary/aromatic N) is 2. The number of nitrogens with one attached hydrogen (secondary N) is 1. The molecular formula is C10H14F3N3OS. The molecule has 0 amide bonds. The van der Waals surface area contributed by atoms with Gasteiger partial charge >= 0.3 is 6.18 Å². The lowest BCUT2D eigenvalue weighted by Crippen LogP contribution is -2.30. The summed E-state index contributed by atoms with van der Waals surface area (Å²) in [6.45, 7) is 0.487. The Bertz CT molecular complexity index is 401. The largest absolute Gasteiger partial charge is 0.452 e. The van der Waals surface area contributed by atoms with E-state index in [9.17, 15) is 18.3 Å². The van der Waals surface area contributed by atoms with Crippen LogP contribution in [-0.2, 0) is 6.18 Å². The molecule has 1 aliphatic carbocycles. The Morgan fingerprint density at radius 1 is 1.33 bits per heavy atom. The Kier molecular flexibility index (Phi) is 3.76. The third-order valence-electron chi connectivity index (χ3n) is 3.29. The van der Waals surface area contributed by atoms with Gasteiger partial charge in [-0.3, -0.25) is 0 Å². The van der Waals surface area contributed by atoms with E-state index in [4.69, 9.17) is 0 Å². The quantitative estimate of drug-likeness (QED) is 0.890. The Balaban J connectivity index is 1.96. The van der Waals surface area contributed by atoms with Crippen LogP contribution in [0.15, 0.2) is 0 Å². The molecule has 2 N–H and O–H groups in total. The molecule has 0 unspecified atom stereocenters. The molecule has 1 aliphatic rings. The van der Waals surface area contributed by atoms with Crippen LogP contribution in [0.3, 0.4) is 0 Å². The summed E-state index contributed by atoms with van der Waals surface area (Å²) >= 11 is 0.695. The lowest BCUT2D eigenvalue weighted by Gasteiger charge is -2.26. The van der Waals surface area contributed by atoms with Crippen molar-refractivity contribution in [1.29, 1.82) is 0 Å². The van der Waals surface area contributed by atoms with Crippen molar-refractivity contribution in [3.63, 3.8) is 0 Å². The second-order valence-electron chi connectivity index (χ2n) is 4.64. The molecule has 0 radical (unpaired) electrons. The van der Waals surface area contributed by atoms with Crippen LogP contribution in [0.25, 0.3) is 0 Å². The van der Waals surface area contributed by atoms with Crippen LogP contribution in [0.5, 0.6) is 0 Å². The van der Waals surface area contributed by atoms with Gasteiger partial charge in [0, 0.05) is 23.5 Å². The zero-order valence-corrected chi connectivity index (χ0v) is 10.4. The van der Waals surface area contributed by atoms with Gasteiger partial charge in [0.05, 0.1) is 6.61 Å². The molecule has 1 heterocycles. The van der Waals surface area contributed by atoms with Crippen molar-refractivity contribution < 1.29 is 18.3 Å². The highest BCUT2D eigenvalue weighted by Crippen LogP contribution is 2.38. The van der Waals surface area contributed by atoms with Crippen molar-refractivity contribution >= 4 is 16.7 Å². The molecule has 1 aromatic rings. The van der Waals surface area contributed by atoms with Crippen molar-refractivity contribution in [3.05, 3.63) is 5.82 Å². The summed E-state index contributed by atoms with van der Waals surface area (Å²) < 4.78 is 40.2. The number of aliphatic hydroxyl groups is 1. The maximum absolute atomic E-state index is 12.3. The Morgan fingerprint density at radius 3 is 2.50 bits per heavy atom. The average molecular weight is 281 g/mol. The average Bonchev–Trinajstić information content (AvgIpc) is 2.96. The van der Waals surface area contributed by atoms with Gasteiger partial charge in [-0.2, -0.15) is 22.5 Å². The summed E-state index contributed by atoms with van der Waals surface area (Å²) in [6, 6.07) is 0. The fraction of sp³-hybridized carbons (Fsp3) is 0.800. The maximum Gasteiger partial charge on any atom is 0.452 e. The molecule has 1 saturated carbocycles. The molecule has 18 heavy (non-hydrogen) atoms. The number of rotatable bonds is 4. The molecule has 0 aromatic carbocycles. The molecule has 8 heteroatoms. The summed E-state index contributed by atoms with van der Waals surface area (Å²) in [4.78, 5) is 3.40. The van der Waals surface area contributed by atoms with Crippen LogP contribution in [0.2, 0.25) is 0 Å². The molecule has 102 valence electrons. The summed E-state index contributed by atoms with van der Waals surface area (Å²) in [5.41, 5.74) is -0.218. The third kappa shape index (κ3) is 2.92. The number of hydrogen-bond donors (Lipinski definition) is 2. The Morgan fingerprint density at radius 2 is 2.00 bits per heavy atom. The molecule has 0 atom stereocenters. The van der Waals surface area contributed by atoms with E-state index < -0.39 is 12.0 Å². The molecule has 0 spiro atoms. The molecule has 0 bridgehead atoms. The number of aromatic nitrogens is 2. The summed E-state index contributed by atoms with van der Waals surface area (Å²) in [5, 5.41) is 12.4. The Hall–Kier alpha value is -0.890. The van der Waals surface area contributed by atoms with Crippen molar-refractivity contribution in [2.24, 2.45) is 5.41 Å². The van der Waals surface area contributed by atoms with E-state index in [0.717, 1.165) is 25.7 Å². The normalized spacial score (nSPS) is 19.1. The van der Waals surface area contributed by atoms with Crippen LogP contribution < -0.4 is 5.32 Å². The standard InChI is InChI=1S/C10H14F3N3OS/c11-10(12,13)7-15-8(18-16-7)14-5-9(6-17)3-1-2-4-9/h17H,1-6H2,(H,14,15,16). The Labute approximate surface area is 106 Å². The maximum atomic E-state index is 12.3. The number of alkyl halides is 3. The van der Waals surface area contributed by atoms with Crippen LogP contribution in [0.4, 0.5) is 18.3 Å². The SMILES string of the molecule is OCC1(CNc2nc(C(F)(F)F)ns2)CCCC1. The van der Waals surface area contributed by atoms with Gasteiger partial charge in [0.25, 0.3) is 0 Å². The van der Waals surface area contributed by atoms with Crippen LogP contribution in [0.1, 0.15) is 31.5 Å². The number of hydrogen-bond acceptors (Lipinski definition) is 5. The van der Waals surface area contributed by atoms with E-state index in [1.807, 2.05) is 0 Å². The van der Waals surface area contributed by atoms with Gasteiger partial charge in [-0.15, -0.1) is 0 Å². The lowest BCUT2D eigenvalue weighted by atomic mass is 9.87. The van der Waals surface area contributed by atoms with E-state index in [0.29, 0.717) is 18.1 Å². The first-order chi connectivity index (χ1) is 8.45. The van der Waals surface area contributed by atoms with Crippen LogP contribution in [0, 0.1) is 5.41 Å². The highest BCUT2D eigenvalue weighted by atomic mass is 32.1. The van der Waals surface area contributed by atoms with Crippen molar-refractivity contribution in [3.8, 4) is 0 Å². The van der Waals surface area contributed by atoms with Gasteiger partial charge in [0.1, 0.15) is 0 Å². The van der Waals surface area contributed by atoms with E-state index in [2.05, 4.69) is 14.7 Å². The van der Waals surface area contributed by atoms with Gasteiger partial charge < -0.3 is 10.4 Å². The minimum Gasteiger partial charge on any atom is -0.396 e. The molecule has 0 aliphatic heterocycles. The fourth-order valence-corrected chi connectivity index (χ4v) is 2.77. The highest BCUT2D eigenvalue weighted by Gasteiger charge is 2.37. The molecule has 1 aromatic heterocycles. The van der Waals surface area contributed by atoms with E-state index >= 15 is 0 Å². The van der Waals surface area contributed by atoms with E-state index in [1.54, 1.807) is 0 Å². The zero-order valence-electron chi connectivity index (χ0n) is 9.63. The second-order valence-corrected chi connectivity index (χ2v) is 5.39. The second kappa shape index (κ2) is 5.00. The smallest absolute Gasteiger partial charge is 0.396 e. The van der Waals surface area contributed by atoms with E-state index in [1.165, 1.54) is 0 Å². The number of anilines is 1.